The molecule has 1 N–H and O–H groups in total. The molecule has 0 rings (SSSR count). The molecule has 1 unspecified atom stereocenters. The second-order valence-electron chi connectivity index (χ2n) is 2.81. The fourth-order valence-corrected chi connectivity index (χ4v) is 1.36. The predicted molar refractivity (Wildman–Crippen MR) is 55.3 cm³/mol. The van der Waals surface area contributed by atoms with Crippen LogP contribution >= 0.6 is 0 Å². The van der Waals surface area contributed by atoms with Crippen molar-refractivity contribution in [3.63, 3.8) is 0 Å². The minimum atomic E-state index is -1.68. The van der Waals surface area contributed by atoms with Crippen LogP contribution in [0.5, 0.6) is 0 Å². The van der Waals surface area contributed by atoms with Gasteiger partial charge in [0.15, 0.2) is 11.1 Å². The lowest BCUT2D eigenvalue weighted by molar-refractivity contribution is -0.137. The molecule has 5 heteroatoms. The van der Waals surface area contributed by atoms with Gasteiger partial charge < -0.3 is 9.29 Å². The highest BCUT2D eigenvalue weighted by molar-refractivity contribution is 7.79. The first-order chi connectivity index (χ1) is 6.66. The van der Waals surface area contributed by atoms with E-state index in [4.69, 9.17) is 9.29 Å². The van der Waals surface area contributed by atoms with E-state index in [1.807, 2.05) is 0 Å². The van der Waals surface area contributed by atoms with E-state index in [0.717, 1.165) is 31.8 Å². The first-order valence-corrected chi connectivity index (χ1v) is 5.81. The van der Waals surface area contributed by atoms with Gasteiger partial charge >= 0.3 is 5.97 Å². The average molecular weight is 220 g/mol. The third kappa shape index (κ3) is 9.41. The molecule has 82 valence electrons. The van der Waals surface area contributed by atoms with Crippen molar-refractivity contribution in [2.75, 3.05) is 12.4 Å². The summed E-state index contributed by atoms with van der Waals surface area (Å²) in [6.45, 7) is 3.67. The molecule has 0 aliphatic heterocycles. The van der Waals surface area contributed by atoms with Gasteiger partial charge in [0.05, 0.1) is 6.61 Å². The summed E-state index contributed by atoms with van der Waals surface area (Å²) in [5, 5.41) is 0. The molecule has 0 saturated carbocycles. The average Bonchev–Trinajstić information content (AvgIpc) is 2.15. The van der Waals surface area contributed by atoms with E-state index < -0.39 is 17.0 Å². The van der Waals surface area contributed by atoms with Crippen molar-refractivity contribution < 1.29 is 18.3 Å². The number of hydrogen-bond acceptors (Lipinski definition) is 3. The molecule has 0 bridgehead atoms. The van der Waals surface area contributed by atoms with Gasteiger partial charge in [0, 0.05) is 11.8 Å². The summed E-state index contributed by atoms with van der Waals surface area (Å²) in [7, 11) is 0. The number of carbonyl (C=O) groups is 1. The highest BCUT2D eigenvalue weighted by Gasteiger charge is 1.96. The third-order valence-electron chi connectivity index (χ3n) is 1.62. The summed E-state index contributed by atoms with van der Waals surface area (Å²) in [6.07, 6.45) is 4.45. The zero-order valence-electron chi connectivity index (χ0n) is 8.11. The molecule has 0 heterocycles. The zero-order chi connectivity index (χ0) is 10.8. The van der Waals surface area contributed by atoms with Crippen molar-refractivity contribution in [1.29, 1.82) is 0 Å². The zero-order valence-corrected chi connectivity index (χ0v) is 8.92. The molecule has 0 aromatic rings. The van der Waals surface area contributed by atoms with Gasteiger partial charge in [-0.05, 0) is 12.8 Å². The Balaban J connectivity index is 3.10. The fourth-order valence-electron chi connectivity index (χ4n) is 0.913. The Hall–Kier alpha value is -0.680. The van der Waals surface area contributed by atoms with Crippen molar-refractivity contribution >= 4 is 17.0 Å². The third-order valence-corrected chi connectivity index (χ3v) is 2.26. The molecule has 0 saturated heterocycles. The Morgan fingerprint density at radius 2 is 2.00 bits per heavy atom. The van der Waals surface area contributed by atoms with Gasteiger partial charge in [-0.1, -0.05) is 19.4 Å². The van der Waals surface area contributed by atoms with E-state index in [-0.39, 0.29) is 0 Å². The second-order valence-corrected chi connectivity index (χ2v) is 3.86. The van der Waals surface area contributed by atoms with Gasteiger partial charge in [-0.25, -0.2) is 9.00 Å². The number of esters is 1. The van der Waals surface area contributed by atoms with E-state index in [1.54, 1.807) is 0 Å². The Bertz CT molecular complexity index is 203. The van der Waals surface area contributed by atoms with Crippen LogP contribution in [0.25, 0.3) is 0 Å². The molecule has 0 aromatic carbocycles. The van der Waals surface area contributed by atoms with Crippen LogP contribution in [0.4, 0.5) is 0 Å². The Labute approximate surface area is 86.6 Å². The smallest absolute Gasteiger partial charge is 0.330 e. The SMILES string of the molecule is C=CC(=O)OCCCCCCS(=O)O. The largest absolute Gasteiger partial charge is 0.463 e. The van der Waals surface area contributed by atoms with Crippen molar-refractivity contribution in [2.24, 2.45) is 0 Å². The lowest BCUT2D eigenvalue weighted by atomic mass is 10.2. The summed E-state index contributed by atoms with van der Waals surface area (Å²) in [5.74, 6) is -0.0756. The topological polar surface area (TPSA) is 63.6 Å². The number of rotatable bonds is 8. The quantitative estimate of drug-likeness (QED) is 0.291. The molecule has 0 aliphatic rings. The molecule has 0 amide bonds. The normalized spacial score (nSPS) is 12.1. The molecule has 4 nitrogen and oxygen atoms in total. The van der Waals surface area contributed by atoms with Gasteiger partial charge in [-0.15, -0.1) is 0 Å². The maximum absolute atomic E-state index is 10.6. The van der Waals surface area contributed by atoms with Crippen molar-refractivity contribution in [3.8, 4) is 0 Å². The first-order valence-electron chi connectivity index (χ1n) is 4.53. The van der Waals surface area contributed by atoms with Crippen molar-refractivity contribution in [3.05, 3.63) is 12.7 Å². The maximum atomic E-state index is 10.6. The monoisotopic (exact) mass is 220 g/mol. The molecule has 0 radical (unpaired) electrons. The lowest BCUT2D eigenvalue weighted by Gasteiger charge is -2.01. The lowest BCUT2D eigenvalue weighted by Crippen LogP contribution is -2.02. The summed E-state index contributed by atoms with van der Waals surface area (Å²) in [6, 6.07) is 0. The van der Waals surface area contributed by atoms with Crippen LogP contribution in [0.15, 0.2) is 12.7 Å². The van der Waals surface area contributed by atoms with E-state index in [9.17, 15) is 9.00 Å². The summed E-state index contributed by atoms with van der Waals surface area (Å²) in [5.41, 5.74) is 0. The van der Waals surface area contributed by atoms with Gasteiger partial charge in [0.2, 0.25) is 0 Å². The van der Waals surface area contributed by atoms with Crippen LogP contribution in [-0.2, 0) is 20.6 Å². The Kier molecular flexibility index (Phi) is 8.47. The Morgan fingerprint density at radius 1 is 1.36 bits per heavy atom. The summed E-state index contributed by atoms with van der Waals surface area (Å²) in [4.78, 5) is 10.6. The number of ether oxygens (including phenoxy) is 1. The van der Waals surface area contributed by atoms with Crippen LogP contribution in [0.3, 0.4) is 0 Å². The van der Waals surface area contributed by atoms with Crippen LogP contribution in [0, 0.1) is 0 Å². The van der Waals surface area contributed by atoms with Crippen LogP contribution in [-0.4, -0.2) is 27.1 Å². The minimum Gasteiger partial charge on any atom is -0.463 e. The van der Waals surface area contributed by atoms with Gasteiger partial charge in [0.25, 0.3) is 0 Å². The van der Waals surface area contributed by atoms with Crippen LogP contribution < -0.4 is 0 Å². The molecular weight excluding hydrogens is 204 g/mol. The molecule has 0 aliphatic carbocycles. The van der Waals surface area contributed by atoms with Crippen LogP contribution in [0.2, 0.25) is 0 Å². The fraction of sp³-hybridized carbons (Fsp3) is 0.667. The summed E-state index contributed by atoms with van der Waals surface area (Å²) >= 11 is -1.68. The van der Waals surface area contributed by atoms with Gasteiger partial charge in [-0.3, -0.25) is 0 Å². The first kappa shape index (κ1) is 13.3. The molecule has 0 spiro atoms. The number of unbranched alkanes of at least 4 members (excludes halogenated alkanes) is 3. The highest BCUT2D eigenvalue weighted by Crippen LogP contribution is 2.01. The molecular formula is C9H16O4S. The van der Waals surface area contributed by atoms with E-state index in [2.05, 4.69) is 6.58 Å². The molecule has 1 atom stereocenters. The van der Waals surface area contributed by atoms with Crippen molar-refractivity contribution in [2.45, 2.75) is 25.7 Å². The number of carbonyl (C=O) groups excluding carboxylic acids is 1. The Morgan fingerprint density at radius 3 is 2.57 bits per heavy atom. The van der Waals surface area contributed by atoms with E-state index >= 15 is 0 Å². The minimum absolute atomic E-state index is 0.326. The molecule has 0 aromatic heterocycles. The van der Waals surface area contributed by atoms with E-state index in [1.165, 1.54) is 0 Å². The second kappa shape index (κ2) is 8.90. The standard InChI is InChI=1S/C9H16O4S/c1-2-9(10)13-7-5-3-4-6-8-14(11)12/h2H,1,3-8H2,(H,11,12). The highest BCUT2D eigenvalue weighted by atomic mass is 32.2. The summed E-state index contributed by atoms with van der Waals surface area (Å²) < 4.78 is 23.5. The maximum Gasteiger partial charge on any atom is 0.330 e. The van der Waals surface area contributed by atoms with Gasteiger partial charge in [0.1, 0.15) is 0 Å². The van der Waals surface area contributed by atoms with Gasteiger partial charge in [-0.2, -0.15) is 0 Å². The predicted octanol–water partition coefficient (Wildman–Crippen LogP) is 1.50. The van der Waals surface area contributed by atoms with Crippen molar-refractivity contribution in [1.82, 2.24) is 0 Å². The number of hydrogen-bond donors (Lipinski definition) is 1. The van der Waals surface area contributed by atoms with Crippen LogP contribution in [0.1, 0.15) is 25.7 Å². The molecule has 0 fully saturated rings. The molecule has 14 heavy (non-hydrogen) atoms. The van der Waals surface area contributed by atoms with E-state index in [0.29, 0.717) is 12.4 Å².